The first kappa shape index (κ1) is 14.0. The van der Waals surface area contributed by atoms with Crippen molar-refractivity contribution in [2.75, 3.05) is 18.9 Å². The van der Waals surface area contributed by atoms with Gasteiger partial charge in [0.15, 0.2) is 0 Å². The first-order valence-electron chi connectivity index (χ1n) is 6.56. The Morgan fingerprint density at radius 1 is 1.35 bits per heavy atom. The standard InChI is InChI=1S/C14H25N3/c1-5-9-15-14-8-7-13(10-16-14)11-17(4)12(3)6-2/h7-8,10,12H,5-6,9,11H2,1-4H3,(H,15,16). The van der Waals surface area contributed by atoms with Gasteiger partial charge < -0.3 is 5.32 Å². The van der Waals surface area contributed by atoms with Crippen LogP contribution >= 0.6 is 0 Å². The number of hydrogen-bond donors (Lipinski definition) is 1. The van der Waals surface area contributed by atoms with Gasteiger partial charge >= 0.3 is 0 Å². The van der Waals surface area contributed by atoms with Crippen LogP contribution in [0.2, 0.25) is 0 Å². The van der Waals surface area contributed by atoms with Gasteiger partial charge in [-0.15, -0.1) is 0 Å². The van der Waals surface area contributed by atoms with Crippen molar-refractivity contribution in [1.29, 1.82) is 0 Å². The van der Waals surface area contributed by atoms with E-state index in [-0.39, 0.29) is 0 Å². The summed E-state index contributed by atoms with van der Waals surface area (Å²) < 4.78 is 0. The number of anilines is 1. The SMILES string of the molecule is CCCNc1ccc(CN(C)C(C)CC)cn1. The van der Waals surface area contributed by atoms with Gasteiger partial charge in [-0.05, 0) is 38.4 Å². The summed E-state index contributed by atoms with van der Waals surface area (Å²) in [5.74, 6) is 0.974. The molecule has 0 saturated carbocycles. The maximum Gasteiger partial charge on any atom is 0.125 e. The predicted molar refractivity (Wildman–Crippen MR) is 74.2 cm³/mol. The molecule has 1 aromatic heterocycles. The third-order valence-electron chi connectivity index (χ3n) is 3.16. The van der Waals surface area contributed by atoms with E-state index in [4.69, 9.17) is 0 Å². The molecule has 0 saturated heterocycles. The summed E-state index contributed by atoms with van der Waals surface area (Å²) in [5.41, 5.74) is 1.27. The molecule has 3 nitrogen and oxygen atoms in total. The number of rotatable bonds is 7. The number of pyridine rings is 1. The van der Waals surface area contributed by atoms with Crippen LogP contribution in [0.25, 0.3) is 0 Å². The van der Waals surface area contributed by atoms with Crippen LogP contribution in [-0.4, -0.2) is 29.5 Å². The van der Waals surface area contributed by atoms with E-state index in [1.165, 1.54) is 12.0 Å². The Morgan fingerprint density at radius 2 is 2.12 bits per heavy atom. The molecule has 0 aromatic carbocycles. The van der Waals surface area contributed by atoms with Crippen molar-refractivity contribution in [2.45, 2.75) is 46.2 Å². The minimum Gasteiger partial charge on any atom is -0.370 e. The molecule has 0 radical (unpaired) electrons. The minimum atomic E-state index is 0.618. The Morgan fingerprint density at radius 3 is 2.65 bits per heavy atom. The highest BCUT2D eigenvalue weighted by Gasteiger charge is 2.07. The lowest BCUT2D eigenvalue weighted by molar-refractivity contribution is 0.243. The van der Waals surface area contributed by atoms with Gasteiger partial charge in [0.05, 0.1) is 0 Å². The third-order valence-corrected chi connectivity index (χ3v) is 3.16. The molecule has 0 amide bonds. The van der Waals surface area contributed by atoms with Crippen molar-refractivity contribution in [2.24, 2.45) is 0 Å². The molecule has 0 aliphatic heterocycles. The summed E-state index contributed by atoms with van der Waals surface area (Å²) >= 11 is 0. The van der Waals surface area contributed by atoms with Crippen LogP contribution in [0.4, 0.5) is 5.82 Å². The number of nitrogens with one attached hydrogen (secondary N) is 1. The van der Waals surface area contributed by atoms with Crippen molar-refractivity contribution < 1.29 is 0 Å². The first-order valence-corrected chi connectivity index (χ1v) is 6.56. The lowest BCUT2D eigenvalue weighted by atomic mass is 10.2. The lowest BCUT2D eigenvalue weighted by Crippen LogP contribution is -2.27. The number of hydrogen-bond acceptors (Lipinski definition) is 3. The van der Waals surface area contributed by atoms with Crippen molar-refractivity contribution in [3.05, 3.63) is 23.9 Å². The van der Waals surface area contributed by atoms with E-state index >= 15 is 0 Å². The largest absolute Gasteiger partial charge is 0.370 e. The molecule has 0 bridgehead atoms. The highest BCUT2D eigenvalue weighted by molar-refractivity contribution is 5.35. The smallest absolute Gasteiger partial charge is 0.125 e. The van der Waals surface area contributed by atoms with Crippen LogP contribution in [0, 0.1) is 0 Å². The van der Waals surface area contributed by atoms with Gasteiger partial charge in [0.2, 0.25) is 0 Å². The topological polar surface area (TPSA) is 28.2 Å². The van der Waals surface area contributed by atoms with Gasteiger partial charge in [0.1, 0.15) is 5.82 Å². The number of aromatic nitrogens is 1. The zero-order chi connectivity index (χ0) is 12.7. The van der Waals surface area contributed by atoms with Crippen molar-refractivity contribution >= 4 is 5.82 Å². The molecule has 1 atom stereocenters. The average Bonchev–Trinajstić information content (AvgIpc) is 2.37. The third kappa shape index (κ3) is 4.73. The Kier molecular flexibility index (Phi) is 5.98. The maximum absolute atomic E-state index is 4.42. The van der Waals surface area contributed by atoms with E-state index in [0.29, 0.717) is 6.04 Å². The molecule has 0 fully saturated rings. The Hall–Kier alpha value is -1.09. The predicted octanol–water partition coefficient (Wildman–Crippen LogP) is 3.13. The molecule has 3 heteroatoms. The highest BCUT2D eigenvalue weighted by atomic mass is 15.1. The fourth-order valence-electron chi connectivity index (χ4n) is 1.63. The molecule has 1 rings (SSSR count). The maximum atomic E-state index is 4.42. The molecule has 1 N–H and O–H groups in total. The van der Waals surface area contributed by atoms with E-state index in [1.807, 2.05) is 6.20 Å². The van der Waals surface area contributed by atoms with Crippen LogP contribution < -0.4 is 5.32 Å². The molecule has 1 unspecified atom stereocenters. The summed E-state index contributed by atoms with van der Waals surface area (Å²) in [6.07, 6.45) is 4.27. The van der Waals surface area contributed by atoms with Crippen LogP contribution in [0.5, 0.6) is 0 Å². The zero-order valence-corrected chi connectivity index (χ0v) is 11.5. The lowest BCUT2D eigenvalue weighted by Gasteiger charge is -2.23. The summed E-state index contributed by atoms with van der Waals surface area (Å²) in [6, 6.07) is 4.84. The zero-order valence-electron chi connectivity index (χ0n) is 11.5. The molecular formula is C14H25N3. The summed E-state index contributed by atoms with van der Waals surface area (Å²) in [6.45, 7) is 8.58. The van der Waals surface area contributed by atoms with Crippen LogP contribution in [0.1, 0.15) is 39.2 Å². The first-order chi connectivity index (χ1) is 8.17. The van der Waals surface area contributed by atoms with E-state index in [0.717, 1.165) is 25.3 Å². The fourth-order valence-corrected chi connectivity index (χ4v) is 1.63. The molecule has 0 spiro atoms. The summed E-state index contributed by atoms with van der Waals surface area (Å²) in [5, 5.41) is 3.28. The van der Waals surface area contributed by atoms with Gasteiger partial charge in [-0.2, -0.15) is 0 Å². The quantitative estimate of drug-likeness (QED) is 0.787. The molecule has 1 heterocycles. The fraction of sp³-hybridized carbons (Fsp3) is 0.643. The van der Waals surface area contributed by atoms with Gasteiger partial charge in [-0.1, -0.05) is 19.9 Å². The summed E-state index contributed by atoms with van der Waals surface area (Å²) in [4.78, 5) is 6.77. The van der Waals surface area contributed by atoms with Crippen LogP contribution in [0.15, 0.2) is 18.3 Å². The van der Waals surface area contributed by atoms with Crippen LogP contribution in [0.3, 0.4) is 0 Å². The number of nitrogens with zero attached hydrogens (tertiary/aromatic N) is 2. The van der Waals surface area contributed by atoms with E-state index in [2.05, 4.69) is 55.2 Å². The molecule has 17 heavy (non-hydrogen) atoms. The van der Waals surface area contributed by atoms with Gasteiger partial charge in [0, 0.05) is 25.3 Å². The molecular weight excluding hydrogens is 210 g/mol. The van der Waals surface area contributed by atoms with Crippen molar-refractivity contribution in [3.8, 4) is 0 Å². The second-order valence-corrected chi connectivity index (χ2v) is 4.65. The Labute approximate surface area is 105 Å². The normalized spacial score (nSPS) is 12.8. The highest BCUT2D eigenvalue weighted by Crippen LogP contribution is 2.10. The van der Waals surface area contributed by atoms with Crippen molar-refractivity contribution in [3.63, 3.8) is 0 Å². The van der Waals surface area contributed by atoms with E-state index in [9.17, 15) is 0 Å². The molecule has 0 aliphatic carbocycles. The monoisotopic (exact) mass is 235 g/mol. The van der Waals surface area contributed by atoms with Gasteiger partial charge in [0.25, 0.3) is 0 Å². The van der Waals surface area contributed by atoms with Crippen molar-refractivity contribution in [1.82, 2.24) is 9.88 Å². The van der Waals surface area contributed by atoms with E-state index in [1.54, 1.807) is 0 Å². The second-order valence-electron chi connectivity index (χ2n) is 4.65. The molecule has 1 aromatic rings. The molecule has 0 aliphatic rings. The van der Waals surface area contributed by atoms with Gasteiger partial charge in [-0.25, -0.2) is 4.98 Å². The van der Waals surface area contributed by atoms with Crippen LogP contribution in [-0.2, 0) is 6.54 Å². The Bertz CT molecular complexity index is 308. The van der Waals surface area contributed by atoms with E-state index < -0.39 is 0 Å². The molecule has 96 valence electrons. The minimum absolute atomic E-state index is 0.618. The second kappa shape index (κ2) is 7.28. The van der Waals surface area contributed by atoms with Gasteiger partial charge in [-0.3, -0.25) is 4.90 Å². The summed E-state index contributed by atoms with van der Waals surface area (Å²) in [7, 11) is 2.16. The average molecular weight is 235 g/mol. The Balaban J connectivity index is 2.50.